The largest absolute Gasteiger partial charge is 0.482 e. The molecule has 0 saturated heterocycles. The number of nitrogens with one attached hydrogen (secondary N) is 1. The van der Waals surface area contributed by atoms with Gasteiger partial charge in [-0.1, -0.05) is 53.6 Å². The van der Waals surface area contributed by atoms with Crippen molar-refractivity contribution in [3.8, 4) is 11.8 Å². The van der Waals surface area contributed by atoms with E-state index in [0.717, 1.165) is 5.56 Å². The van der Waals surface area contributed by atoms with E-state index in [4.69, 9.17) is 16.3 Å². The molecule has 0 heterocycles. The maximum absolute atomic E-state index is 13.9. The average molecular weight is 421 g/mol. The van der Waals surface area contributed by atoms with Crippen LogP contribution in [0.1, 0.15) is 16.7 Å². The lowest BCUT2D eigenvalue weighted by Crippen LogP contribution is -2.20. The highest BCUT2D eigenvalue weighted by atomic mass is 35.5. The summed E-state index contributed by atoms with van der Waals surface area (Å²) in [7, 11) is 0. The van der Waals surface area contributed by atoms with Gasteiger partial charge in [-0.05, 0) is 48.9 Å². The zero-order valence-corrected chi connectivity index (χ0v) is 16.9. The molecule has 0 fully saturated rings. The third kappa shape index (κ3) is 5.47. The van der Waals surface area contributed by atoms with Crippen molar-refractivity contribution in [1.82, 2.24) is 0 Å². The highest BCUT2D eigenvalue weighted by Crippen LogP contribution is 2.28. The smallest absolute Gasteiger partial charge is 0.262 e. The molecule has 1 N–H and O–H groups in total. The van der Waals surface area contributed by atoms with Crippen LogP contribution in [0.5, 0.6) is 5.75 Å². The first-order valence-corrected chi connectivity index (χ1v) is 9.49. The van der Waals surface area contributed by atoms with Crippen LogP contribution in [0.4, 0.5) is 10.1 Å². The Bertz CT molecular complexity index is 1130. The van der Waals surface area contributed by atoms with Crippen LogP contribution in [0, 0.1) is 24.1 Å². The monoisotopic (exact) mass is 420 g/mol. The molecule has 0 saturated carbocycles. The van der Waals surface area contributed by atoms with E-state index < -0.39 is 5.82 Å². The number of benzene rings is 3. The van der Waals surface area contributed by atoms with Gasteiger partial charge < -0.3 is 10.1 Å². The molecule has 1 amide bonds. The van der Waals surface area contributed by atoms with Crippen molar-refractivity contribution in [2.45, 2.75) is 6.92 Å². The fraction of sp³-hybridized carbons (Fsp3) is 0.0833. The number of hydrogen-bond acceptors (Lipinski definition) is 3. The average Bonchev–Trinajstić information content (AvgIpc) is 2.73. The first-order valence-electron chi connectivity index (χ1n) is 9.12. The number of aryl methyl sites for hydroxylation is 1. The van der Waals surface area contributed by atoms with Gasteiger partial charge in [-0.25, -0.2) is 4.39 Å². The van der Waals surface area contributed by atoms with Crippen molar-refractivity contribution in [2.75, 3.05) is 11.9 Å². The van der Waals surface area contributed by atoms with E-state index in [1.54, 1.807) is 30.3 Å². The summed E-state index contributed by atoms with van der Waals surface area (Å²) in [5.74, 6) is -0.460. The number of anilines is 1. The number of nitriles is 1. The van der Waals surface area contributed by atoms with Crippen LogP contribution < -0.4 is 10.1 Å². The summed E-state index contributed by atoms with van der Waals surface area (Å²) in [5.41, 5.74) is 2.77. The minimum atomic E-state index is -0.476. The zero-order chi connectivity index (χ0) is 21.5. The number of amides is 1. The SMILES string of the molecule is Cc1ccc(NC(=O)COc2ccc(C=C(C#N)c3ccccc3F)cc2Cl)cc1. The molecule has 0 unspecified atom stereocenters. The van der Waals surface area contributed by atoms with E-state index in [-0.39, 0.29) is 28.7 Å². The highest BCUT2D eigenvalue weighted by molar-refractivity contribution is 6.32. The van der Waals surface area contributed by atoms with Gasteiger partial charge in [-0.15, -0.1) is 0 Å². The molecule has 6 heteroatoms. The molecule has 0 aliphatic carbocycles. The second-order valence-electron chi connectivity index (χ2n) is 6.54. The van der Waals surface area contributed by atoms with Crippen LogP contribution >= 0.6 is 11.6 Å². The number of halogens is 2. The lowest BCUT2D eigenvalue weighted by atomic mass is 10.0. The molecule has 3 rings (SSSR count). The molecule has 0 atom stereocenters. The molecule has 30 heavy (non-hydrogen) atoms. The predicted molar refractivity (Wildman–Crippen MR) is 117 cm³/mol. The lowest BCUT2D eigenvalue weighted by Gasteiger charge is -2.10. The Labute approximate surface area is 179 Å². The summed E-state index contributed by atoms with van der Waals surface area (Å²) in [6, 6.07) is 20.3. The second-order valence-corrected chi connectivity index (χ2v) is 6.95. The number of carbonyl (C=O) groups is 1. The molecule has 3 aromatic carbocycles. The van der Waals surface area contributed by atoms with E-state index in [0.29, 0.717) is 17.0 Å². The van der Waals surface area contributed by atoms with Crippen LogP contribution in [0.25, 0.3) is 11.6 Å². The lowest BCUT2D eigenvalue weighted by molar-refractivity contribution is -0.118. The number of carbonyl (C=O) groups excluding carboxylic acids is 1. The van der Waals surface area contributed by atoms with Crippen LogP contribution in [0.2, 0.25) is 5.02 Å². The van der Waals surface area contributed by atoms with Gasteiger partial charge in [0.25, 0.3) is 5.91 Å². The van der Waals surface area contributed by atoms with Crippen LogP contribution in [-0.2, 0) is 4.79 Å². The summed E-state index contributed by atoms with van der Waals surface area (Å²) in [4.78, 5) is 12.1. The maximum atomic E-state index is 13.9. The van der Waals surface area contributed by atoms with E-state index in [2.05, 4.69) is 5.32 Å². The molecule has 0 aliphatic rings. The third-order valence-corrected chi connectivity index (χ3v) is 4.54. The van der Waals surface area contributed by atoms with Crippen LogP contribution in [0.15, 0.2) is 66.7 Å². The van der Waals surface area contributed by atoms with Gasteiger partial charge >= 0.3 is 0 Å². The van der Waals surface area contributed by atoms with Crippen molar-refractivity contribution in [3.63, 3.8) is 0 Å². The standard InChI is InChI=1S/C24H18ClFN2O2/c1-16-6-9-19(10-7-16)28-24(29)15-30-23-11-8-17(13-21(23)25)12-18(14-27)20-4-2-3-5-22(20)26/h2-13H,15H2,1H3,(H,28,29). The fourth-order valence-corrected chi connectivity index (χ4v) is 2.96. The van der Waals surface area contributed by atoms with Crippen LogP contribution in [0.3, 0.4) is 0 Å². The van der Waals surface area contributed by atoms with E-state index >= 15 is 0 Å². The molecule has 3 aromatic rings. The molecule has 0 bridgehead atoms. The number of rotatable bonds is 6. The molecule has 0 aliphatic heterocycles. The topological polar surface area (TPSA) is 62.1 Å². The molecule has 0 aromatic heterocycles. The second kappa shape index (κ2) is 9.73. The number of nitrogens with zero attached hydrogens (tertiary/aromatic N) is 1. The van der Waals surface area contributed by atoms with Crippen molar-refractivity contribution in [1.29, 1.82) is 5.26 Å². The summed E-state index contributed by atoms with van der Waals surface area (Å²) in [5, 5.41) is 12.4. The molecule has 0 spiro atoms. The van der Waals surface area contributed by atoms with Crippen molar-refractivity contribution < 1.29 is 13.9 Å². The Morgan fingerprint density at radius 3 is 2.57 bits per heavy atom. The molecule has 150 valence electrons. The van der Waals surface area contributed by atoms with Crippen molar-refractivity contribution in [2.24, 2.45) is 0 Å². The van der Waals surface area contributed by atoms with Crippen molar-refractivity contribution >= 4 is 34.8 Å². The first kappa shape index (κ1) is 21.1. The van der Waals surface area contributed by atoms with Crippen molar-refractivity contribution in [3.05, 3.63) is 94.3 Å². The number of hydrogen-bond donors (Lipinski definition) is 1. The maximum Gasteiger partial charge on any atom is 0.262 e. The summed E-state index contributed by atoms with van der Waals surface area (Å²) in [6.45, 7) is 1.76. The van der Waals surface area contributed by atoms with Gasteiger partial charge in [-0.2, -0.15) is 5.26 Å². The van der Waals surface area contributed by atoms with Gasteiger partial charge in [0.15, 0.2) is 6.61 Å². The van der Waals surface area contributed by atoms with Gasteiger partial charge in [0.2, 0.25) is 0 Å². The van der Waals surface area contributed by atoms with Crippen LogP contribution in [-0.4, -0.2) is 12.5 Å². The minimum absolute atomic E-state index is 0.176. The fourth-order valence-electron chi connectivity index (χ4n) is 2.72. The van der Waals surface area contributed by atoms with E-state index in [9.17, 15) is 14.4 Å². The summed E-state index contributed by atoms with van der Waals surface area (Å²) >= 11 is 6.25. The van der Waals surface area contributed by atoms with Gasteiger partial charge in [-0.3, -0.25) is 4.79 Å². The quantitative estimate of drug-likeness (QED) is 0.400. The molecule has 0 radical (unpaired) electrons. The Morgan fingerprint density at radius 2 is 1.90 bits per heavy atom. The molecular formula is C24H18ClFN2O2. The van der Waals surface area contributed by atoms with Gasteiger partial charge in [0.1, 0.15) is 11.6 Å². The summed E-state index contributed by atoms with van der Waals surface area (Å²) < 4.78 is 19.4. The highest BCUT2D eigenvalue weighted by Gasteiger charge is 2.10. The molecular weight excluding hydrogens is 403 g/mol. The first-order chi connectivity index (χ1) is 14.5. The predicted octanol–water partition coefficient (Wildman–Crippen LogP) is 5.87. The van der Waals surface area contributed by atoms with E-state index in [1.165, 1.54) is 18.2 Å². The Hall–Kier alpha value is -3.62. The van der Waals surface area contributed by atoms with Gasteiger partial charge in [0, 0.05) is 11.3 Å². The number of allylic oxidation sites excluding steroid dienone is 1. The third-order valence-electron chi connectivity index (χ3n) is 4.25. The van der Waals surface area contributed by atoms with E-state index in [1.807, 2.05) is 37.3 Å². The minimum Gasteiger partial charge on any atom is -0.482 e. The molecule has 4 nitrogen and oxygen atoms in total. The Balaban J connectivity index is 1.67. The zero-order valence-electron chi connectivity index (χ0n) is 16.2. The normalized spacial score (nSPS) is 10.9. The summed E-state index contributed by atoms with van der Waals surface area (Å²) in [6.07, 6.45) is 1.54. The van der Waals surface area contributed by atoms with Gasteiger partial charge in [0.05, 0.1) is 16.7 Å². The Morgan fingerprint density at radius 1 is 1.17 bits per heavy atom. The number of ether oxygens (including phenoxy) is 1. The Kier molecular flexibility index (Phi) is 6.84.